The van der Waals surface area contributed by atoms with Gasteiger partial charge in [0.1, 0.15) is 5.69 Å². The second-order valence-electron chi connectivity index (χ2n) is 3.36. The molecule has 1 heterocycles. The summed E-state index contributed by atoms with van der Waals surface area (Å²) in [6.07, 6.45) is -3.35. The van der Waals surface area contributed by atoms with Gasteiger partial charge in [-0.25, -0.2) is 9.97 Å². The van der Waals surface area contributed by atoms with Crippen LogP contribution in [0.3, 0.4) is 0 Å². The van der Waals surface area contributed by atoms with Crippen LogP contribution in [0.5, 0.6) is 0 Å². The van der Waals surface area contributed by atoms with E-state index in [0.717, 1.165) is 12.3 Å². The van der Waals surface area contributed by atoms with Crippen molar-refractivity contribution in [2.45, 2.75) is 13.1 Å². The minimum absolute atomic E-state index is 0.0412. The minimum atomic E-state index is -4.45. The summed E-state index contributed by atoms with van der Waals surface area (Å²) in [5.41, 5.74) is -0.939. The van der Waals surface area contributed by atoms with Gasteiger partial charge in [-0.2, -0.15) is 13.2 Å². The third-order valence-corrected chi connectivity index (χ3v) is 2.05. The Balaban J connectivity index is 2.71. The van der Waals surface area contributed by atoms with E-state index < -0.39 is 11.9 Å². The number of hydrogen-bond donors (Lipinski definition) is 0. The third-order valence-electron chi connectivity index (χ3n) is 2.05. The molecule has 0 unspecified atom stereocenters. The highest BCUT2D eigenvalue weighted by atomic mass is 19.4. The Labute approximate surface area is 97.4 Å². The normalized spacial score (nSPS) is 11.6. The van der Waals surface area contributed by atoms with Gasteiger partial charge in [0.25, 0.3) is 0 Å². The minimum Gasteiger partial charge on any atom is -0.380 e. The predicted octanol–water partition coefficient (Wildman–Crippen LogP) is 1.97. The fourth-order valence-corrected chi connectivity index (χ4v) is 1.14. The Morgan fingerprint density at radius 3 is 2.71 bits per heavy atom. The second-order valence-corrected chi connectivity index (χ2v) is 3.36. The van der Waals surface area contributed by atoms with Crippen LogP contribution in [0.2, 0.25) is 0 Å². The number of alkyl halides is 3. The lowest BCUT2D eigenvalue weighted by molar-refractivity contribution is -0.141. The van der Waals surface area contributed by atoms with Crippen LogP contribution in [0.4, 0.5) is 19.1 Å². The molecule has 0 bridgehead atoms. The first-order chi connectivity index (χ1) is 7.95. The summed E-state index contributed by atoms with van der Waals surface area (Å²) in [5.74, 6) is 0.0412. The maximum Gasteiger partial charge on any atom is 0.433 e. The summed E-state index contributed by atoms with van der Waals surface area (Å²) >= 11 is 0. The molecule has 0 aromatic carbocycles. The van der Waals surface area contributed by atoms with Crippen LogP contribution in [0.25, 0.3) is 0 Å². The van der Waals surface area contributed by atoms with Gasteiger partial charge in [-0.3, -0.25) is 0 Å². The summed E-state index contributed by atoms with van der Waals surface area (Å²) in [6.45, 7) is 3.28. The van der Waals surface area contributed by atoms with Crippen LogP contribution in [-0.4, -0.2) is 36.8 Å². The number of hydrogen-bond acceptors (Lipinski definition) is 4. The lowest BCUT2D eigenvalue weighted by Crippen LogP contribution is -2.25. The summed E-state index contributed by atoms with van der Waals surface area (Å²) in [6, 6.07) is 0.847. The largest absolute Gasteiger partial charge is 0.433 e. The number of ether oxygens (including phenoxy) is 1. The molecular weight excluding hydrogens is 235 g/mol. The fraction of sp³-hybridized carbons (Fsp3) is 0.600. The molecule has 0 N–H and O–H groups in total. The highest BCUT2D eigenvalue weighted by Crippen LogP contribution is 2.27. The van der Waals surface area contributed by atoms with E-state index in [4.69, 9.17) is 4.74 Å². The van der Waals surface area contributed by atoms with E-state index in [1.165, 1.54) is 4.90 Å². The fourth-order valence-electron chi connectivity index (χ4n) is 1.14. The molecule has 0 spiro atoms. The van der Waals surface area contributed by atoms with Gasteiger partial charge in [-0.15, -0.1) is 0 Å². The molecule has 0 saturated carbocycles. The van der Waals surface area contributed by atoms with E-state index in [1.807, 2.05) is 6.92 Å². The van der Waals surface area contributed by atoms with Gasteiger partial charge in [0.2, 0.25) is 5.95 Å². The van der Waals surface area contributed by atoms with Crippen LogP contribution in [-0.2, 0) is 10.9 Å². The quantitative estimate of drug-likeness (QED) is 0.748. The number of nitrogens with zero attached hydrogens (tertiary/aromatic N) is 3. The topological polar surface area (TPSA) is 38.2 Å². The van der Waals surface area contributed by atoms with Gasteiger partial charge >= 0.3 is 6.18 Å². The van der Waals surface area contributed by atoms with E-state index in [2.05, 4.69) is 9.97 Å². The average Bonchev–Trinajstić information content (AvgIpc) is 2.28. The van der Waals surface area contributed by atoms with Crippen LogP contribution in [0.15, 0.2) is 12.3 Å². The van der Waals surface area contributed by atoms with Gasteiger partial charge < -0.3 is 9.64 Å². The first-order valence-corrected chi connectivity index (χ1v) is 5.14. The zero-order valence-corrected chi connectivity index (χ0v) is 9.66. The monoisotopic (exact) mass is 249 g/mol. The molecule has 0 aliphatic carbocycles. The van der Waals surface area contributed by atoms with Crippen LogP contribution in [0.1, 0.15) is 12.6 Å². The summed E-state index contributed by atoms with van der Waals surface area (Å²) in [4.78, 5) is 8.77. The molecule has 0 aliphatic rings. The molecule has 1 aromatic rings. The Morgan fingerprint density at radius 1 is 1.41 bits per heavy atom. The smallest absolute Gasteiger partial charge is 0.380 e. The summed E-state index contributed by atoms with van der Waals surface area (Å²) in [5, 5.41) is 0. The maximum absolute atomic E-state index is 12.4. The summed E-state index contributed by atoms with van der Waals surface area (Å²) in [7, 11) is 1.62. The molecule has 1 rings (SSSR count). The van der Waals surface area contributed by atoms with Crippen molar-refractivity contribution in [2.75, 3.05) is 31.7 Å². The lowest BCUT2D eigenvalue weighted by Gasteiger charge is -2.17. The van der Waals surface area contributed by atoms with Crippen molar-refractivity contribution in [3.63, 3.8) is 0 Å². The van der Waals surface area contributed by atoms with Crippen molar-refractivity contribution in [2.24, 2.45) is 0 Å². The zero-order chi connectivity index (χ0) is 12.9. The van der Waals surface area contributed by atoms with Crippen LogP contribution >= 0.6 is 0 Å². The van der Waals surface area contributed by atoms with E-state index in [1.54, 1.807) is 7.05 Å². The second kappa shape index (κ2) is 5.81. The maximum atomic E-state index is 12.4. The molecule has 17 heavy (non-hydrogen) atoms. The predicted molar refractivity (Wildman–Crippen MR) is 56.8 cm³/mol. The Bertz CT molecular complexity index is 357. The third kappa shape index (κ3) is 4.18. The van der Waals surface area contributed by atoms with E-state index in [0.29, 0.717) is 19.8 Å². The average molecular weight is 249 g/mol. The molecule has 0 atom stereocenters. The van der Waals surface area contributed by atoms with Crippen molar-refractivity contribution in [3.05, 3.63) is 18.0 Å². The molecule has 0 amide bonds. The molecular formula is C10H14F3N3O. The van der Waals surface area contributed by atoms with Gasteiger partial charge in [0, 0.05) is 26.4 Å². The lowest BCUT2D eigenvalue weighted by atomic mass is 10.4. The van der Waals surface area contributed by atoms with E-state index in [9.17, 15) is 13.2 Å². The molecule has 0 saturated heterocycles. The van der Waals surface area contributed by atoms with Crippen molar-refractivity contribution in [1.82, 2.24) is 9.97 Å². The number of anilines is 1. The standard InChI is InChI=1S/C10H14F3N3O/c1-3-17-7-6-16(2)9-14-5-4-8(15-9)10(11,12)13/h4-5H,3,6-7H2,1-2H3. The van der Waals surface area contributed by atoms with Crippen molar-refractivity contribution < 1.29 is 17.9 Å². The molecule has 1 aromatic heterocycles. The number of halogens is 3. The number of likely N-dealkylation sites (N-methyl/N-ethyl adjacent to an activating group) is 1. The molecule has 0 radical (unpaired) electrons. The molecule has 0 fully saturated rings. The Hall–Kier alpha value is -1.37. The van der Waals surface area contributed by atoms with Crippen LogP contribution in [0, 0.1) is 0 Å². The SMILES string of the molecule is CCOCCN(C)c1nccc(C(F)(F)F)n1. The summed E-state index contributed by atoms with van der Waals surface area (Å²) < 4.78 is 42.3. The first kappa shape index (κ1) is 13.7. The van der Waals surface area contributed by atoms with E-state index >= 15 is 0 Å². The number of rotatable bonds is 5. The van der Waals surface area contributed by atoms with E-state index in [-0.39, 0.29) is 5.95 Å². The molecule has 4 nitrogen and oxygen atoms in total. The molecule has 0 aliphatic heterocycles. The number of aromatic nitrogens is 2. The highest BCUT2D eigenvalue weighted by Gasteiger charge is 2.33. The van der Waals surface area contributed by atoms with Gasteiger partial charge in [0.05, 0.1) is 6.61 Å². The van der Waals surface area contributed by atoms with Gasteiger partial charge in [-0.05, 0) is 13.0 Å². The zero-order valence-electron chi connectivity index (χ0n) is 9.66. The highest BCUT2D eigenvalue weighted by molar-refractivity contribution is 5.29. The van der Waals surface area contributed by atoms with Crippen molar-refractivity contribution in [1.29, 1.82) is 0 Å². The Morgan fingerprint density at radius 2 is 2.12 bits per heavy atom. The molecule has 96 valence electrons. The van der Waals surface area contributed by atoms with Crippen LogP contribution < -0.4 is 4.90 Å². The van der Waals surface area contributed by atoms with Crippen molar-refractivity contribution in [3.8, 4) is 0 Å². The molecule has 7 heteroatoms. The van der Waals surface area contributed by atoms with Gasteiger partial charge in [0.15, 0.2) is 0 Å². The van der Waals surface area contributed by atoms with Gasteiger partial charge in [-0.1, -0.05) is 0 Å². The van der Waals surface area contributed by atoms with Crippen molar-refractivity contribution >= 4 is 5.95 Å². The Kier molecular flexibility index (Phi) is 4.68. The first-order valence-electron chi connectivity index (χ1n) is 5.14.